The van der Waals surface area contributed by atoms with Crippen LogP contribution in [0.2, 0.25) is 0 Å². The van der Waals surface area contributed by atoms with Gasteiger partial charge >= 0.3 is 5.97 Å². The summed E-state index contributed by atoms with van der Waals surface area (Å²) in [5.74, 6) is -5.27. The third kappa shape index (κ3) is 10.9. The maximum atomic E-state index is 14.1. The van der Waals surface area contributed by atoms with Gasteiger partial charge in [-0.25, -0.2) is 0 Å². The third-order valence-corrected chi connectivity index (χ3v) is 7.32. The molecule has 1 aliphatic heterocycles. The maximum Gasteiger partial charge on any atom is 0.305 e. The highest BCUT2D eigenvalue weighted by molar-refractivity contribution is 5.98. The number of carboxylic acids is 1. The van der Waals surface area contributed by atoms with Gasteiger partial charge in [-0.3, -0.25) is 33.8 Å². The molecular formula is C31H40N8O7. The van der Waals surface area contributed by atoms with Crippen LogP contribution in [0.15, 0.2) is 65.7 Å². The minimum Gasteiger partial charge on any atom is -0.481 e. The second-order valence-electron chi connectivity index (χ2n) is 10.9. The highest BCUT2D eigenvalue weighted by Crippen LogP contribution is 2.14. The molecule has 0 unspecified atom stereocenters. The topological polar surface area (TPSA) is 238 Å². The number of amides is 5. The molecule has 1 fully saturated rings. The van der Waals surface area contributed by atoms with Crippen LogP contribution in [0.5, 0.6) is 0 Å². The highest BCUT2D eigenvalue weighted by atomic mass is 16.4. The number of hydrogen-bond acceptors (Lipinski definition) is 7. The molecule has 5 amide bonds. The average Bonchev–Trinajstić information content (AvgIpc) is 3.02. The van der Waals surface area contributed by atoms with Gasteiger partial charge in [-0.1, -0.05) is 60.7 Å². The van der Waals surface area contributed by atoms with E-state index >= 15 is 0 Å². The molecular weight excluding hydrogens is 596 g/mol. The summed E-state index contributed by atoms with van der Waals surface area (Å²) in [7, 11) is 1.42. The van der Waals surface area contributed by atoms with Gasteiger partial charge in [0.25, 0.3) is 0 Å². The Morgan fingerprint density at radius 3 is 2.00 bits per heavy atom. The van der Waals surface area contributed by atoms with E-state index < -0.39 is 72.6 Å². The number of benzene rings is 2. The van der Waals surface area contributed by atoms with E-state index in [9.17, 15) is 33.9 Å². The average molecular weight is 637 g/mol. The first-order chi connectivity index (χ1) is 21.9. The molecule has 1 heterocycles. The van der Waals surface area contributed by atoms with Gasteiger partial charge in [0.15, 0.2) is 5.96 Å². The van der Waals surface area contributed by atoms with E-state index in [4.69, 9.17) is 11.5 Å². The van der Waals surface area contributed by atoms with Crippen molar-refractivity contribution in [3.8, 4) is 0 Å². The van der Waals surface area contributed by atoms with Crippen LogP contribution in [-0.4, -0.2) is 95.8 Å². The maximum absolute atomic E-state index is 14.1. The van der Waals surface area contributed by atoms with E-state index in [-0.39, 0.29) is 31.8 Å². The van der Waals surface area contributed by atoms with Crippen molar-refractivity contribution in [2.45, 2.75) is 56.3 Å². The van der Waals surface area contributed by atoms with Gasteiger partial charge in [0, 0.05) is 26.4 Å². The number of rotatable bonds is 10. The van der Waals surface area contributed by atoms with Crippen molar-refractivity contribution in [1.29, 1.82) is 0 Å². The monoisotopic (exact) mass is 636 g/mol. The normalized spacial score (nSPS) is 21.5. The summed E-state index contributed by atoms with van der Waals surface area (Å²) in [6.45, 7) is -0.442. The van der Waals surface area contributed by atoms with E-state index in [0.29, 0.717) is 12.0 Å². The third-order valence-electron chi connectivity index (χ3n) is 7.32. The van der Waals surface area contributed by atoms with Crippen molar-refractivity contribution in [3.05, 3.63) is 71.8 Å². The fraction of sp³-hybridized carbons (Fsp3) is 0.387. The van der Waals surface area contributed by atoms with Crippen LogP contribution in [0.1, 0.15) is 30.4 Å². The van der Waals surface area contributed by atoms with Gasteiger partial charge in [-0.15, -0.1) is 0 Å². The predicted octanol–water partition coefficient (Wildman–Crippen LogP) is -1.59. The summed E-state index contributed by atoms with van der Waals surface area (Å²) in [5.41, 5.74) is 12.2. The molecule has 0 aliphatic carbocycles. The molecule has 0 aromatic heterocycles. The number of nitrogens with zero attached hydrogens (tertiary/aromatic N) is 2. The Morgan fingerprint density at radius 1 is 0.826 bits per heavy atom. The van der Waals surface area contributed by atoms with Crippen molar-refractivity contribution in [2.75, 3.05) is 20.1 Å². The summed E-state index contributed by atoms with van der Waals surface area (Å²) in [6, 6.07) is 12.7. The molecule has 0 spiro atoms. The molecule has 9 N–H and O–H groups in total. The fourth-order valence-electron chi connectivity index (χ4n) is 4.92. The molecule has 1 saturated heterocycles. The molecule has 0 saturated carbocycles. The van der Waals surface area contributed by atoms with Gasteiger partial charge in [0.2, 0.25) is 29.5 Å². The van der Waals surface area contributed by atoms with E-state index in [1.54, 1.807) is 60.7 Å². The Bertz CT molecular complexity index is 1420. The standard InChI is InChI=1S/C31H40N8O7/c1-39-24(16-20-11-6-3-7-12-20)29(45)37-21(13-8-14-34-31(32)33)27(43)35-18-25(40)36-22(17-26(41)42)28(44)38-23(30(39)46)15-19-9-4-2-5-10-19/h2-7,9-12,21-24H,8,13-18H2,1H3,(H,35,43)(H,36,40)(H,37,45)(H,38,44)(H,41,42)(H4,32,33,34)/t21-,22-,23+,24-/m0/s1. The molecule has 1 aliphatic rings. The van der Waals surface area contributed by atoms with Crippen molar-refractivity contribution in [2.24, 2.45) is 16.5 Å². The Hall–Kier alpha value is -5.47. The van der Waals surface area contributed by atoms with E-state index in [2.05, 4.69) is 26.3 Å². The quantitative estimate of drug-likeness (QED) is 0.0903. The van der Waals surface area contributed by atoms with Gasteiger partial charge < -0.3 is 42.7 Å². The van der Waals surface area contributed by atoms with Crippen LogP contribution in [0.25, 0.3) is 0 Å². The molecule has 2 aromatic rings. The number of hydrogen-bond donors (Lipinski definition) is 7. The number of guanidine groups is 1. The Kier molecular flexibility index (Phi) is 13.0. The van der Waals surface area contributed by atoms with Crippen molar-refractivity contribution in [1.82, 2.24) is 26.2 Å². The van der Waals surface area contributed by atoms with E-state index in [0.717, 1.165) is 5.56 Å². The van der Waals surface area contributed by atoms with Crippen LogP contribution < -0.4 is 32.7 Å². The summed E-state index contributed by atoms with van der Waals surface area (Å²) in [6.07, 6.45) is -0.317. The Morgan fingerprint density at radius 2 is 1.41 bits per heavy atom. The first-order valence-electron chi connectivity index (χ1n) is 14.7. The molecule has 46 heavy (non-hydrogen) atoms. The first kappa shape index (κ1) is 35.0. The van der Waals surface area contributed by atoms with Gasteiger partial charge in [-0.2, -0.15) is 0 Å². The van der Waals surface area contributed by atoms with Gasteiger partial charge in [-0.05, 0) is 24.0 Å². The van der Waals surface area contributed by atoms with Crippen molar-refractivity contribution >= 4 is 41.5 Å². The lowest BCUT2D eigenvalue weighted by Crippen LogP contribution is -2.59. The summed E-state index contributed by atoms with van der Waals surface area (Å²) < 4.78 is 0. The number of likely N-dealkylation sites (N-methyl/N-ethyl adjacent to an activating group) is 1. The molecule has 0 radical (unpaired) electrons. The second kappa shape index (κ2) is 17.1. The van der Waals surface area contributed by atoms with Crippen LogP contribution >= 0.6 is 0 Å². The fourth-order valence-corrected chi connectivity index (χ4v) is 4.92. The molecule has 2 aromatic carbocycles. The Labute approximate surface area is 266 Å². The number of nitrogens with two attached hydrogens (primary N) is 2. The lowest BCUT2D eigenvalue weighted by Gasteiger charge is -2.32. The molecule has 3 rings (SSSR count). The molecule has 15 heteroatoms. The summed E-state index contributed by atoms with van der Waals surface area (Å²) in [5, 5.41) is 19.5. The number of carboxylic acid groups (broad SMARTS) is 1. The first-order valence-corrected chi connectivity index (χ1v) is 14.7. The number of carbonyl (C=O) groups is 6. The van der Waals surface area contributed by atoms with Crippen molar-refractivity contribution in [3.63, 3.8) is 0 Å². The smallest absolute Gasteiger partial charge is 0.305 e. The molecule has 0 bridgehead atoms. The minimum atomic E-state index is -1.56. The molecule has 246 valence electrons. The molecule has 4 atom stereocenters. The predicted molar refractivity (Wildman–Crippen MR) is 168 cm³/mol. The zero-order valence-electron chi connectivity index (χ0n) is 25.5. The zero-order chi connectivity index (χ0) is 33.6. The van der Waals surface area contributed by atoms with Crippen LogP contribution in [0.3, 0.4) is 0 Å². The lowest BCUT2D eigenvalue weighted by molar-refractivity contribution is -0.143. The largest absolute Gasteiger partial charge is 0.481 e. The summed E-state index contributed by atoms with van der Waals surface area (Å²) in [4.78, 5) is 84.0. The van der Waals surface area contributed by atoms with Crippen LogP contribution in [-0.2, 0) is 41.6 Å². The minimum absolute atomic E-state index is 0.0105. The van der Waals surface area contributed by atoms with Gasteiger partial charge in [0.05, 0.1) is 13.0 Å². The zero-order valence-corrected chi connectivity index (χ0v) is 25.5. The SMILES string of the molecule is CN1C(=O)[C@@H](Cc2ccccc2)NC(=O)[C@H](CC(=O)O)NC(=O)CNC(=O)[C@H](CCCN=C(N)N)NC(=O)[C@@H]1Cc1ccccc1. The number of carbonyl (C=O) groups excluding carboxylic acids is 5. The van der Waals surface area contributed by atoms with E-state index in [1.165, 1.54) is 11.9 Å². The van der Waals surface area contributed by atoms with E-state index in [1.807, 2.05) is 0 Å². The Balaban J connectivity index is 2.04. The van der Waals surface area contributed by atoms with Crippen molar-refractivity contribution < 1.29 is 33.9 Å². The summed E-state index contributed by atoms with van der Waals surface area (Å²) >= 11 is 0. The molecule has 15 nitrogen and oxygen atoms in total. The van der Waals surface area contributed by atoms with Crippen LogP contribution in [0.4, 0.5) is 0 Å². The van der Waals surface area contributed by atoms with Gasteiger partial charge in [0.1, 0.15) is 24.2 Å². The lowest BCUT2D eigenvalue weighted by atomic mass is 10.00. The second-order valence-corrected chi connectivity index (χ2v) is 10.9. The highest BCUT2D eigenvalue weighted by Gasteiger charge is 2.36. The number of aliphatic carboxylic acids is 1. The number of nitrogens with one attached hydrogen (secondary N) is 4. The number of aliphatic imine (C=N–C) groups is 1. The van der Waals surface area contributed by atoms with Crippen LogP contribution in [0, 0.1) is 0 Å².